The molecule has 0 radical (unpaired) electrons. The Labute approximate surface area is 235 Å². The van der Waals surface area contributed by atoms with Crippen LogP contribution in [0.15, 0.2) is 95.1 Å². The fourth-order valence-corrected chi connectivity index (χ4v) is 5.50. The van der Waals surface area contributed by atoms with Gasteiger partial charge in [-0.1, -0.05) is 36.0 Å². The number of ether oxygens (including phenoxy) is 1. The molecule has 5 aromatic rings. The molecule has 1 fully saturated rings. The summed E-state index contributed by atoms with van der Waals surface area (Å²) in [6.45, 7) is 3.16. The number of aromatic amines is 1. The zero-order valence-corrected chi connectivity index (χ0v) is 22.7. The molecule has 2 amide bonds. The minimum Gasteiger partial charge on any atom is -0.497 e. The van der Waals surface area contributed by atoms with Crippen LogP contribution in [-0.4, -0.2) is 59.3 Å². The molecular weight excluding hydrogens is 524 g/mol. The van der Waals surface area contributed by atoms with Gasteiger partial charge in [0.05, 0.1) is 7.11 Å². The number of para-hydroxylation sites is 1. The summed E-state index contributed by atoms with van der Waals surface area (Å²) >= 11 is 1.53. The lowest BCUT2D eigenvalue weighted by atomic mass is 10.2. The predicted octanol–water partition coefficient (Wildman–Crippen LogP) is 5.48. The third kappa shape index (κ3) is 5.79. The van der Waals surface area contributed by atoms with Crippen molar-refractivity contribution in [1.29, 1.82) is 0 Å². The molecule has 6 rings (SSSR count). The van der Waals surface area contributed by atoms with Crippen molar-refractivity contribution < 1.29 is 9.53 Å². The molecule has 1 saturated heterocycles. The second-order valence-corrected chi connectivity index (χ2v) is 10.2. The Balaban J connectivity index is 1.23. The van der Waals surface area contributed by atoms with E-state index in [9.17, 15) is 4.79 Å². The van der Waals surface area contributed by atoms with Gasteiger partial charge in [0, 0.05) is 66.1 Å². The van der Waals surface area contributed by atoms with Gasteiger partial charge in [0.1, 0.15) is 22.4 Å². The number of hydrogen-bond donors (Lipinski definition) is 3. The van der Waals surface area contributed by atoms with Crippen molar-refractivity contribution in [2.24, 2.45) is 0 Å². The molecule has 1 aliphatic heterocycles. The number of urea groups is 1. The van der Waals surface area contributed by atoms with Gasteiger partial charge in [0.25, 0.3) is 0 Å². The highest BCUT2D eigenvalue weighted by atomic mass is 32.2. The summed E-state index contributed by atoms with van der Waals surface area (Å²) in [4.78, 5) is 35.6. The Bertz CT molecular complexity index is 1600. The topological polar surface area (TPSA) is 111 Å². The lowest BCUT2D eigenvalue weighted by Crippen LogP contribution is -2.47. The number of hydrogen-bond acceptors (Lipinski definition) is 8. The Morgan fingerprint density at radius 2 is 1.65 bits per heavy atom. The van der Waals surface area contributed by atoms with E-state index < -0.39 is 6.03 Å². The van der Waals surface area contributed by atoms with Crippen molar-refractivity contribution in [2.75, 3.05) is 53.7 Å². The van der Waals surface area contributed by atoms with Crippen LogP contribution in [0.4, 0.5) is 28.1 Å². The maximum absolute atomic E-state index is 12.9. The average Bonchev–Trinajstić information content (AvgIpc) is 3.40. The van der Waals surface area contributed by atoms with Crippen LogP contribution in [0.5, 0.6) is 5.75 Å². The minimum atomic E-state index is -0.426. The van der Waals surface area contributed by atoms with Gasteiger partial charge in [-0.05, 0) is 42.5 Å². The maximum Gasteiger partial charge on any atom is 0.326 e. The highest BCUT2D eigenvalue weighted by Crippen LogP contribution is 2.34. The second kappa shape index (κ2) is 11.5. The van der Waals surface area contributed by atoms with E-state index in [2.05, 4.69) is 41.5 Å². The standard InChI is InChI=1S/C29H28N8O2S/c1-39-21-11-9-20(10-12-21)32-29(38)35-28-33-26(37-16-14-36(15-17-37)25-8-4-5-13-30-25)18-27(34-28)40-24-19-31-23-7-3-2-6-22(23)24/h2-13,18-19,31H,14-17H2,1H3,(H2,32,33,34,35,38). The number of aromatic nitrogens is 4. The Morgan fingerprint density at radius 1 is 0.900 bits per heavy atom. The number of carbonyl (C=O) groups is 1. The first kappa shape index (κ1) is 25.5. The minimum absolute atomic E-state index is 0.234. The molecule has 0 unspecified atom stereocenters. The lowest BCUT2D eigenvalue weighted by molar-refractivity contribution is 0.262. The van der Waals surface area contributed by atoms with Crippen LogP contribution in [0.25, 0.3) is 10.9 Å². The number of anilines is 4. The molecule has 40 heavy (non-hydrogen) atoms. The predicted molar refractivity (Wildman–Crippen MR) is 159 cm³/mol. The Kier molecular flexibility index (Phi) is 7.36. The quantitative estimate of drug-likeness (QED) is 0.228. The molecule has 3 N–H and O–H groups in total. The van der Waals surface area contributed by atoms with Gasteiger partial charge < -0.3 is 24.8 Å². The smallest absolute Gasteiger partial charge is 0.326 e. The Hall–Kier alpha value is -4.77. The van der Waals surface area contributed by atoms with Gasteiger partial charge in [0.2, 0.25) is 5.95 Å². The van der Waals surface area contributed by atoms with Crippen molar-refractivity contribution in [1.82, 2.24) is 19.9 Å². The number of fused-ring (bicyclic) bond motifs is 1. The van der Waals surface area contributed by atoms with Crippen LogP contribution < -0.4 is 25.2 Å². The highest BCUT2D eigenvalue weighted by molar-refractivity contribution is 7.99. The van der Waals surface area contributed by atoms with Gasteiger partial charge >= 0.3 is 6.03 Å². The number of piperazine rings is 1. The summed E-state index contributed by atoms with van der Waals surface area (Å²) in [6, 6.07) is 22.8. The first-order valence-electron chi connectivity index (χ1n) is 12.9. The van der Waals surface area contributed by atoms with E-state index in [1.807, 2.05) is 54.9 Å². The molecule has 11 heteroatoms. The highest BCUT2D eigenvalue weighted by Gasteiger charge is 2.21. The van der Waals surface area contributed by atoms with Gasteiger partial charge in [-0.15, -0.1) is 0 Å². The van der Waals surface area contributed by atoms with Crippen molar-refractivity contribution >= 4 is 52.0 Å². The molecule has 3 aromatic heterocycles. The van der Waals surface area contributed by atoms with Crippen LogP contribution in [0, 0.1) is 0 Å². The van der Waals surface area contributed by atoms with E-state index in [0.29, 0.717) is 11.4 Å². The largest absolute Gasteiger partial charge is 0.497 e. The number of benzene rings is 2. The van der Waals surface area contributed by atoms with E-state index in [1.54, 1.807) is 31.4 Å². The number of nitrogens with zero attached hydrogens (tertiary/aromatic N) is 5. The van der Waals surface area contributed by atoms with Crippen LogP contribution in [-0.2, 0) is 0 Å². The van der Waals surface area contributed by atoms with E-state index in [4.69, 9.17) is 9.72 Å². The number of nitrogens with one attached hydrogen (secondary N) is 3. The summed E-state index contributed by atoms with van der Waals surface area (Å²) in [5.74, 6) is 2.68. The zero-order chi connectivity index (χ0) is 27.3. The second-order valence-electron chi connectivity index (χ2n) is 9.16. The van der Waals surface area contributed by atoms with Gasteiger partial charge in [-0.2, -0.15) is 4.98 Å². The number of rotatable bonds is 7. The number of amides is 2. The lowest BCUT2D eigenvalue weighted by Gasteiger charge is -2.36. The summed E-state index contributed by atoms with van der Waals surface area (Å²) in [5.41, 5.74) is 1.69. The molecule has 0 bridgehead atoms. The van der Waals surface area contributed by atoms with Crippen molar-refractivity contribution in [2.45, 2.75) is 9.92 Å². The molecule has 0 aliphatic carbocycles. The van der Waals surface area contributed by atoms with Crippen LogP contribution >= 0.6 is 11.8 Å². The molecule has 0 spiro atoms. The Morgan fingerprint density at radius 3 is 2.40 bits per heavy atom. The fraction of sp³-hybridized carbons (Fsp3) is 0.172. The summed E-state index contributed by atoms with van der Waals surface area (Å²) in [5, 5.41) is 7.50. The SMILES string of the molecule is COc1ccc(NC(=O)Nc2nc(Sc3c[nH]c4ccccc34)cc(N3CCN(c4ccccn4)CC3)n2)cc1. The third-order valence-electron chi connectivity index (χ3n) is 6.61. The first-order valence-corrected chi connectivity index (χ1v) is 13.7. The van der Waals surface area contributed by atoms with E-state index >= 15 is 0 Å². The van der Waals surface area contributed by atoms with Crippen LogP contribution in [0.1, 0.15) is 0 Å². The molecule has 4 heterocycles. The van der Waals surface area contributed by atoms with Crippen molar-refractivity contribution in [3.05, 3.63) is 85.2 Å². The van der Waals surface area contributed by atoms with Crippen LogP contribution in [0.3, 0.4) is 0 Å². The number of carbonyl (C=O) groups excluding carboxylic acids is 1. The average molecular weight is 553 g/mol. The van der Waals surface area contributed by atoms with E-state index in [1.165, 1.54) is 11.8 Å². The van der Waals surface area contributed by atoms with Crippen molar-refractivity contribution in [3.63, 3.8) is 0 Å². The molecule has 0 saturated carbocycles. The number of H-pyrrole nitrogens is 1. The summed E-state index contributed by atoms with van der Waals surface area (Å²) in [6.07, 6.45) is 3.79. The van der Waals surface area contributed by atoms with E-state index in [-0.39, 0.29) is 5.95 Å². The molecule has 0 atom stereocenters. The van der Waals surface area contributed by atoms with E-state index in [0.717, 1.165) is 58.6 Å². The molecular formula is C29H28N8O2S. The van der Waals surface area contributed by atoms with Gasteiger partial charge in [-0.3, -0.25) is 5.32 Å². The van der Waals surface area contributed by atoms with Gasteiger partial charge in [0.15, 0.2) is 0 Å². The molecule has 10 nitrogen and oxygen atoms in total. The fourth-order valence-electron chi connectivity index (χ4n) is 4.57. The molecule has 2 aromatic carbocycles. The monoisotopic (exact) mass is 552 g/mol. The molecule has 202 valence electrons. The number of methoxy groups -OCH3 is 1. The first-order chi connectivity index (χ1) is 19.6. The normalized spacial score (nSPS) is 13.3. The number of pyridine rings is 1. The van der Waals surface area contributed by atoms with Gasteiger partial charge in [-0.25, -0.2) is 14.8 Å². The zero-order valence-electron chi connectivity index (χ0n) is 21.9. The molecule has 1 aliphatic rings. The maximum atomic E-state index is 12.9. The summed E-state index contributed by atoms with van der Waals surface area (Å²) in [7, 11) is 1.60. The third-order valence-corrected chi connectivity index (χ3v) is 7.58. The summed E-state index contributed by atoms with van der Waals surface area (Å²) < 4.78 is 5.19. The van der Waals surface area contributed by atoms with Crippen molar-refractivity contribution in [3.8, 4) is 5.75 Å². The van der Waals surface area contributed by atoms with Crippen LogP contribution in [0.2, 0.25) is 0 Å².